The van der Waals surface area contributed by atoms with Crippen LogP contribution in [-0.2, 0) is 19.1 Å². The molecule has 0 radical (unpaired) electrons. The van der Waals surface area contributed by atoms with E-state index >= 15 is 0 Å². The number of nitrogens with zero attached hydrogens (tertiary/aromatic N) is 3. The van der Waals surface area contributed by atoms with Gasteiger partial charge in [0, 0.05) is 12.3 Å². The Morgan fingerprint density at radius 1 is 1.35 bits per heavy atom. The smallest absolute Gasteiger partial charge is 0.355 e. The van der Waals surface area contributed by atoms with Gasteiger partial charge in [-0.1, -0.05) is 0 Å². The number of carbonyl (C=O) groups excluding carboxylic acids is 2. The maximum absolute atomic E-state index is 11.8. The lowest BCUT2D eigenvalue weighted by molar-refractivity contribution is -0.384. The summed E-state index contributed by atoms with van der Waals surface area (Å²) in [7, 11) is 0. The number of esters is 2. The van der Waals surface area contributed by atoms with Crippen molar-refractivity contribution in [3.63, 3.8) is 0 Å². The highest BCUT2D eigenvalue weighted by molar-refractivity contribution is 6.39. The Bertz CT molecular complexity index is 616. The average molecular weight is 324 g/mol. The number of hydrogen-bond donors (Lipinski definition) is 1. The Labute approximate surface area is 131 Å². The van der Waals surface area contributed by atoms with Crippen molar-refractivity contribution < 1.29 is 24.0 Å². The summed E-state index contributed by atoms with van der Waals surface area (Å²) < 4.78 is 9.51. The van der Waals surface area contributed by atoms with Gasteiger partial charge < -0.3 is 9.47 Å². The second-order valence-corrected chi connectivity index (χ2v) is 4.00. The molecule has 0 saturated carbocycles. The molecule has 1 aromatic rings. The number of rotatable bonds is 8. The third kappa shape index (κ3) is 5.69. The van der Waals surface area contributed by atoms with Crippen LogP contribution in [0.4, 0.5) is 11.5 Å². The molecule has 1 aromatic heterocycles. The average Bonchev–Trinajstić information content (AvgIpc) is 2.52. The van der Waals surface area contributed by atoms with Crippen LogP contribution < -0.4 is 5.43 Å². The summed E-state index contributed by atoms with van der Waals surface area (Å²) in [6.07, 6.45) is 0.889. The Balaban J connectivity index is 2.98. The van der Waals surface area contributed by atoms with Crippen LogP contribution >= 0.6 is 0 Å². The molecule has 1 heterocycles. The fourth-order valence-corrected chi connectivity index (χ4v) is 1.47. The second-order valence-electron chi connectivity index (χ2n) is 4.00. The van der Waals surface area contributed by atoms with Crippen LogP contribution in [0, 0.1) is 10.1 Å². The fourth-order valence-electron chi connectivity index (χ4n) is 1.47. The summed E-state index contributed by atoms with van der Waals surface area (Å²) in [5, 5.41) is 14.6. The predicted molar refractivity (Wildman–Crippen MR) is 79.8 cm³/mol. The maximum Gasteiger partial charge on any atom is 0.355 e. The molecule has 0 aliphatic rings. The van der Waals surface area contributed by atoms with Gasteiger partial charge in [-0.25, -0.2) is 9.78 Å². The third-order valence-electron chi connectivity index (χ3n) is 2.41. The molecule has 1 N–H and O–H groups in total. The summed E-state index contributed by atoms with van der Waals surface area (Å²) in [6.45, 7) is 3.45. The van der Waals surface area contributed by atoms with Crippen LogP contribution in [0.2, 0.25) is 0 Å². The molecule has 0 aliphatic heterocycles. The molecule has 124 valence electrons. The molecule has 0 aromatic carbocycles. The van der Waals surface area contributed by atoms with Gasteiger partial charge in [-0.2, -0.15) is 5.10 Å². The first-order valence-electron chi connectivity index (χ1n) is 6.74. The van der Waals surface area contributed by atoms with E-state index in [1.54, 1.807) is 13.8 Å². The molecule has 0 bridgehead atoms. The van der Waals surface area contributed by atoms with Crippen molar-refractivity contribution in [3.8, 4) is 0 Å². The zero-order valence-corrected chi connectivity index (χ0v) is 12.6. The fraction of sp³-hybridized carbons (Fsp3) is 0.385. The highest BCUT2D eigenvalue weighted by Gasteiger charge is 2.20. The number of hydrogen-bond acceptors (Lipinski definition) is 9. The van der Waals surface area contributed by atoms with Crippen molar-refractivity contribution in [2.45, 2.75) is 20.3 Å². The zero-order chi connectivity index (χ0) is 17.2. The number of aromatic nitrogens is 1. The van der Waals surface area contributed by atoms with Crippen LogP contribution in [-0.4, -0.2) is 40.8 Å². The molecule has 0 aliphatic carbocycles. The van der Waals surface area contributed by atoms with Gasteiger partial charge in [-0.3, -0.25) is 20.3 Å². The molecule has 0 spiro atoms. The summed E-state index contributed by atoms with van der Waals surface area (Å²) >= 11 is 0. The summed E-state index contributed by atoms with van der Waals surface area (Å²) in [4.78, 5) is 37.2. The van der Waals surface area contributed by atoms with Crippen molar-refractivity contribution >= 4 is 29.2 Å². The number of nitrogens with one attached hydrogen (secondary N) is 1. The topological polar surface area (TPSA) is 133 Å². The number of anilines is 1. The van der Waals surface area contributed by atoms with Crippen LogP contribution in [0.3, 0.4) is 0 Å². The first-order chi connectivity index (χ1) is 11.0. The van der Waals surface area contributed by atoms with Crippen molar-refractivity contribution in [2.24, 2.45) is 5.10 Å². The van der Waals surface area contributed by atoms with Crippen molar-refractivity contribution in [1.29, 1.82) is 0 Å². The number of hydrazone groups is 1. The Kier molecular flexibility index (Phi) is 7.11. The first kappa shape index (κ1) is 18.0. The molecule has 10 heteroatoms. The van der Waals surface area contributed by atoms with E-state index < -0.39 is 23.3 Å². The highest BCUT2D eigenvalue weighted by atomic mass is 16.6. The first-order valence-corrected chi connectivity index (χ1v) is 6.74. The maximum atomic E-state index is 11.8. The van der Waals surface area contributed by atoms with Crippen LogP contribution in [0.1, 0.15) is 20.3 Å². The standard InChI is InChI=1S/C13H16N4O6/c1-3-22-11(18)8-9(13(19)23-4-2)15-16-12-10(17(20)21)6-5-7-14-12/h5-7H,3-4,8H2,1-2H3,(H,14,16)/b15-9-. The van der Waals surface area contributed by atoms with Gasteiger partial charge in [0.25, 0.3) is 0 Å². The molecule has 23 heavy (non-hydrogen) atoms. The van der Waals surface area contributed by atoms with Gasteiger partial charge in [0.15, 0.2) is 5.71 Å². The van der Waals surface area contributed by atoms with E-state index in [1.165, 1.54) is 18.3 Å². The van der Waals surface area contributed by atoms with E-state index in [2.05, 4.69) is 15.5 Å². The Morgan fingerprint density at radius 2 is 2.04 bits per heavy atom. The number of nitro groups is 1. The summed E-state index contributed by atoms with van der Waals surface area (Å²) in [5.74, 6) is -1.66. The van der Waals surface area contributed by atoms with E-state index in [0.29, 0.717) is 0 Å². The summed E-state index contributed by atoms with van der Waals surface area (Å²) in [5.41, 5.74) is 1.71. The Morgan fingerprint density at radius 3 is 2.65 bits per heavy atom. The van der Waals surface area contributed by atoms with E-state index in [4.69, 9.17) is 9.47 Å². The van der Waals surface area contributed by atoms with Gasteiger partial charge in [-0.05, 0) is 19.9 Å². The lowest BCUT2D eigenvalue weighted by Crippen LogP contribution is -2.23. The van der Waals surface area contributed by atoms with Crippen LogP contribution in [0.25, 0.3) is 0 Å². The lowest BCUT2D eigenvalue weighted by atomic mass is 10.3. The largest absolute Gasteiger partial charge is 0.466 e. The molecular formula is C13H16N4O6. The molecule has 0 amide bonds. The van der Waals surface area contributed by atoms with E-state index in [1.807, 2.05) is 0 Å². The zero-order valence-electron chi connectivity index (χ0n) is 12.6. The van der Waals surface area contributed by atoms with Gasteiger partial charge in [0.1, 0.15) is 0 Å². The van der Waals surface area contributed by atoms with Gasteiger partial charge in [0.2, 0.25) is 5.82 Å². The minimum atomic E-state index is -0.827. The van der Waals surface area contributed by atoms with Gasteiger partial charge >= 0.3 is 17.6 Å². The highest BCUT2D eigenvalue weighted by Crippen LogP contribution is 2.20. The third-order valence-corrected chi connectivity index (χ3v) is 2.41. The van der Waals surface area contributed by atoms with E-state index in [-0.39, 0.29) is 30.4 Å². The van der Waals surface area contributed by atoms with Crippen LogP contribution in [0.5, 0.6) is 0 Å². The quantitative estimate of drug-likeness (QED) is 0.327. The van der Waals surface area contributed by atoms with Crippen molar-refractivity contribution in [2.75, 3.05) is 18.6 Å². The molecule has 0 atom stereocenters. The van der Waals surface area contributed by atoms with Crippen LogP contribution in [0.15, 0.2) is 23.4 Å². The molecule has 0 fully saturated rings. The molecular weight excluding hydrogens is 308 g/mol. The van der Waals surface area contributed by atoms with Crippen molar-refractivity contribution in [1.82, 2.24) is 4.98 Å². The van der Waals surface area contributed by atoms with Crippen molar-refractivity contribution in [3.05, 3.63) is 28.4 Å². The number of ether oxygens (including phenoxy) is 2. The van der Waals surface area contributed by atoms with Gasteiger partial charge in [0.05, 0.1) is 24.6 Å². The Hall–Kier alpha value is -3.04. The summed E-state index contributed by atoms with van der Waals surface area (Å²) in [6, 6.07) is 2.61. The molecule has 10 nitrogen and oxygen atoms in total. The SMILES string of the molecule is CCOC(=O)C/C(=N/Nc1ncccc1[N+](=O)[O-])C(=O)OCC. The van der Waals surface area contributed by atoms with E-state index in [0.717, 1.165) is 0 Å². The van der Waals surface area contributed by atoms with Gasteiger partial charge in [-0.15, -0.1) is 0 Å². The molecule has 0 unspecified atom stereocenters. The number of pyridine rings is 1. The normalized spacial score (nSPS) is 10.8. The molecule has 1 rings (SSSR count). The molecule has 0 saturated heterocycles. The monoisotopic (exact) mass is 324 g/mol. The lowest BCUT2D eigenvalue weighted by Gasteiger charge is -2.07. The van der Waals surface area contributed by atoms with E-state index in [9.17, 15) is 19.7 Å². The second kappa shape index (κ2) is 9.07. The minimum absolute atomic E-state index is 0.0877. The number of carbonyl (C=O) groups is 2. The predicted octanol–water partition coefficient (Wildman–Crippen LogP) is 1.27. The minimum Gasteiger partial charge on any atom is -0.466 e.